The monoisotopic (exact) mass is 455 g/mol. The first-order chi connectivity index (χ1) is 15.5. The van der Waals surface area contributed by atoms with Crippen LogP contribution in [-0.2, 0) is 0 Å². The number of rotatable bonds is 4. The van der Waals surface area contributed by atoms with E-state index in [0.717, 1.165) is 56.1 Å². The number of hydrogen-bond acceptors (Lipinski definition) is 6. The lowest BCUT2D eigenvalue weighted by molar-refractivity contribution is 0.0962. The molecule has 2 atom stereocenters. The van der Waals surface area contributed by atoms with Crippen LogP contribution in [0.4, 0.5) is 9.39 Å². The highest BCUT2D eigenvalue weighted by atomic mass is 32.1. The predicted octanol–water partition coefficient (Wildman–Crippen LogP) is 2.94. The second kappa shape index (κ2) is 8.63. The summed E-state index contributed by atoms with van der Waals surface area (Å²) in [5.41, 5.74) is 0.578. The fourth-order valence-corrected chi connectivity index (χ4v) is 5.94. The molecule has 2 aliphatic rings. The van der Waals surface area contributed by atoms with Crippen LogP contribution in [0.5, 0.6) is 0 Å². The third kappa shape index (κ3) is 3.91. The smallest absolute Gasteiger partial charge is 0.280 e. The number of piperazine rings is 1. The maximum Gasteiger partial charge on any atom is 0.280 e. The molecule has 168 valence electrons. The number of carbonyl (C=O) groups excluding carboxylic acids is 1. The Kier molecular flexibility index (Phi) is 5.69. The number of H-pyrrole nitrogens is 1. The molecule has 3 aromatic rings. The highest BCUT2D eigenvalue weighted by Gasteiger charge is 2.33. The van der Waals surface area contributed by atoms with E-state index < -0.39 is 5.82 Å². The number of thiazole rings is 1. The number of benzene rings is 1. The van der Waals surface area contributed by atoms with Gasteiger partial charge in [0.1, 0.15) is 10.8 Å². The zero-order valence-corrected chi connectivity index (χ0v) is 18.8. The predicted molar refractivity (Wildman–Crippen MR) is 124 cm³/mol. The van der Waals surface area contributed by atoms with Crippen molar-refractivity contribution in [2.24, 2.45) is 0 Å². The first-order valence-corrected chi connectivity index (χ1v) is 11.8. The zero-order chi connectivity index (χ0) is 22.2. The van der Waals surface area contributed by atoms with Crippen LogP contribution < -0.4 is 15.8 Å². The molecular weight excluding hydrogens is 429 g/mol. The van der Waals surface area contributed by atoms with Gasteiger partial charge in [0.2, 0.25) is 0 Å². The van der Waals surface area contributed by atoms with E-state index in [2.05, 4.69) is 25.1 Å². The van der Waals surface area contributed by atoms with E-state index in [9.17, 15) is 14.0 Å². The minimum atomic E-state index is -0.471. The minimum Gasteiger partial charge on any atom is -0.360 e. The molecule has 9 heteroatoms. The van der Waals surface area contributed by atoms with Crippen molar-refractivity contribution in [3.8, 4) is 0 Å². The number of aromatic amines is 1. The van der Waals surface area contributed by atoms with Gasteiger partial charge in [0.25, 0.3) is 11.5 Å². The molecule has 2 aromatic heterocycles. The largest absolute Gasteiger partial charge is 0.360 e. The number of anilines is 1. The number of halogens is 1. The summed E-state index contributed by atoms with van der Waals surface area (Å²) in [5, 5.41) is 4.96. The SMILES string of the molecule is CNC(=O)c1ncc(N2CCN(C3CCC(c4cc5cccc(F)c5c(=O)[nH]4)C3)CC2)s1. The molecule has 1 saturated carbocycles. The third-order valence-corrected chi connectivity index (χ3v) is 7.80. The lowest BCUT2D eigenvalue weighted by Gasteiger charge is -2.38. The van der Waals surface area contributed by atoms with Crippen LogP contribution in [0.25, 0.3) is 10.8 Å². The summed E-state index contributed by atoms with van der Waals surface area (Å²) in [5.74, 6) is -0.331. The van der Waals surface area contributed by atoms with Gasteiger partial charge in [0.05, 0.1) is 11.6 Å². The molecule has 7 nitrogen and oxygen atoms in total. The first-order valence-electron chi connectivity index (χ1n) is 11.0. The van der Waals surface area contributed by atoms with Gasteiger partial charge in [-0.15, -0.1) is 0 Å². The van der Waals surface area contributed by atoms with Crippen molar-refractivity contribution in [3.05, 3.63) is 57.3 Å². The fourth-order valence-electron chi connectivity index (χ4n) is 5.02. The van der Waals surface area contributed by atoms with Gasteiger partial charge in [-0.1, -0.05) is 23.5 Å². The Morgan fingerprint density at radius 3 is 2.84 bits per heavy atom. The Labute approximate surface area is 189 Å². The molecule has 32 heavy (non-hydrogen) atoms. The second-order valence-electron chi connectivity index (χ2n) is 8.53. The van der Waals surface area contributed by atoms with Crippen molar-refractivity contribution < 1.29 is 9.18 Å². The molecule has 0 bridgehead atoms. The highest BCUT2D eigenvalue weighted by Crippen LogP contribution is 2.37. The average molecular weight is 456 g/mol. The summed E-state index contributed by atoms with van der Waals surface area (Å²) >= 11 is 1.43. The average Bonchev–Trinajstić information content (AvgIpc) is 3.49. The van der Waals surface area contributed by atoms with Gasteiger partial charge in [-0.25, -0.2) is 9.37 Å². The van der Waals surface area contributed by atoms with Crippen LogP contribution in [0, 0.1) is 5.82 Å². The van der Waals surface area contributed by atoms with Crippen molar-refractivity contribution in [2.45, 2.75) is 31.2 Å². The van der Waals surface area contributed by atoms with Crippen molar-refractivity contribution in [1.82, 2.24) is 20.2 Å². The van der Waals surface area contributed by atoms with Crippen molar-refractivity contribution in [2.75, 3.05) is 38.1 Å². The fraction of sp³-hybridized carbons (Fsp3) is 0.435. The highest BCUT2D eigenvalue weighted by molar-refractivity contribution is 7.17. The van der Waals surface area contributed by atoms with Gasteiger partial charge in [0.15, 0.2) is 5.01 Å². The van der Waals surface area contributed by atoms with Crippen LogP contribution >= 0.6 is 11.3 Å². The summed E-state index contributed by atoms with van der Waals surface area (Å²) in [6.45, 7) is 3.74. The zero-order valence-electron chi connectivity index (χ0n) is 17.9. The summed E-state index contributed by atoms with van der Waals surface area (Å²) < 4.78 is 14.0. The Morgan fingerprint density at radius 1 is 1.25 bits per heavy atom. The molecule has 2 fully saturated rings. The summed E-state index contributed by atoms with van der Waals surface area (Å²) in [6, 6.07) is 7.21. The van der Waals surface area contributed by atoms with Gasteiger partial charge >= 0.3 is 0 Å². The number of fused-ring (bicyclic) bond motifs is 1. The molecule has 5 rings (SSSR count). The lowest BCUT2D eigenvalue weighted by atomic mass is 10.00. The van der Waals surface area contributed by atoms with Crippen molar-refractivity contribution in [1.29, 1.82) is 0 Å². The lowest BCUT2D eigenvalue weighted by Crippen LogP contribution is -2.49. The van der Waals surface area contributed by atoms with Crippen molar-refractivity contribution in [3.63, 3.8) is 0 Å². The third-order valence-electron chi connectivity index (χ3n) is 6.74. The number of amides is 1. The van der Waals surface area contributed by atoms with Gasteiger partial charge in [0, 0.05) is 50.9 Å². The molecule has 0 spiro atoms. The molecule has 3 heterocycles. The molecule has 0 radical (unpaired) electrons. The molecule has 1 aromatic carbocycles. The molecule has 2 N–H and O–H groups in total. The Morgan fingerprint density at radius 2 is 2.06 bits per heavy atom. The van der Waals surface area contributed by atoms with Gasteiger partial charge in [-0.3, -0.25) is 14.5 Å². The number of pyridine rings is 1. The number of nitrogens with zero attached hydrogens (tertiary/aromatic N) is 3. The maximum atomic E-state index is 14.0. The number of hydrogen-bond donors (Lipinski definition) is 2. The number of aromatic nitrogens is 2. The Balaban J connectivity index is 1.22. The van der Waals surface area contributed by atoms with E-state index in [1.54, 1.807) is 25.4 Å². The van der Waals surface area contributed by atoms with Gasteiger partial charge in [-0.05, 0) is 36.8 Å². The van der Waals surface area contributed by atoms with Crippen molar-refractivity contribution >= 4 is 33.0 Å². The molecule has 1 aliphatic heterocycles. The maximum absolute atomic E-state index is 14.0. The quantitative estimate of drug-likeness (QED) is 0.632. The van der Waals surface area contributed by atoms with Crippen LogP contribution in [0.1, 0.15) is 40.7 Å². The summed E-state index contributed by atoms with van der Waals surface area (Å²) in [7, 11) is 1.61. The normalized spacial score (nSPS) is 21.9. The van der Waals surface area contributed by atoms with E-state index in [1.165, 1.54) is 17.4 Å². The van der Waals surface area contributed by atoms with Gasteiger partial charge < -0.3 is 15.2 Å². The van der Waals surface area contributed by atoms with Crippen LogP contribution in [0.15, 0.2) is 35.3 Å². The molecule has 1 aliphatic carbocycles. The summed E-state index contributed by atoms with van der Waals surface area (Å²) in [4.78, 5) is 36.2. The van der Waals surface area contributed by atoms with E-state index in [-0.39, 0.29) is 22.8 Å². The Hall–Kier alpha value is -2.78. The number of carbonyl (C=O) groups is 1. The first kappa shape index (κ1) is 21.1. The van der Waals surface area contributed by atoms with Gasteiger partial charge in [-0.2, -0.15) is 0 Å². The van der Waals surface area contributed by atoms with Crippen LogP contribution in [0.2, 0.25) is 0 Å². The molecular formula is C23H26FN5O2S. The molecule has 1 saturated heterocycles. The van der Waals surface area contributed by atoms with E-state index in [1.807, 2.05) is 6.07 Å². The molecule has 1 amide bonds. The topological polar surface area (TPSA) is 81.3 Å². The van der Waals surface area contributed by atoms with E-state index in [4.69, 9.17) is 0 Å². The molecule has 2 unspecified atom stereocenters. The second-order valence-corrected chi connectivity index (χ2v) is 9.54. The summed E-state index contributed by atoms with van der Waals surface area (Å²) in [6.07, 6.45) is 4.90. The Bertz CT molecular complexity index is 1200. The van der Waals surface area contributed by atoms with E-state index in [0.29, 0.717) is 16.4 Å². The minimum absolute atomic E-state index is 0.143. The standard InChI is InChI=1S/C23H26FN5O2S/c1-25-22(31)23-26-13-19(32-23)29-9-7-28(8-10-29)16-6-5-14(11-16)18-12-15-3-2-4-17(24)20(15)21(30)27-18/h2-4,12-14,16H,5-11H2,1H3,(H,25,31)(H,27,30). The van der Waals surface area contributed by atoms with Crippen LogP contribution in [0.3, 0.4) is 0 Å². The van der Waals surface area contributed by atoms with E-state index >= 15 is 0 Å². The number of nitrogens with one attached hydrogen (secondary N) is 2. The van der Waals surface area contributed by atoms with Crippen LogP contribution in [-0.4, -0.2) is 60.0 Å².